The molecule has 5 heteroatoms. The van der Waals surface area contributed by atoms with Crippen molar-refractivity contribution in [1.29, 1.82) is 0 Å². The summed E-state index contributed by atoms with van der Waals surface area (Å²) in [5.74, 6) is -0.0339. The fourth-order valence-electron chi connectivity index (χ4n) is 2.04. The van der Waals surface area contributed by atoms with E-state index in [0.29, 0.717) is 0 Å². The molecule has 0 amide bonds. The van der Waals surface area contributed by atoms with Gasteiger partial charge in [-0.25, -0.2) is 8.42 Å². The van der Waals surface area contributed by atoms with Crippen molar-refractivity contribution in [3.63, 3.8) is 0 Å². The van der Waals surface area contributed by atoms with E-state index in [2.05, 4.69) is 0 Å². The molecule has 0 aliphatic heterocycles. The van der Waals surface area contributed by atoms with Crippen LogP contribution in [0.2, 0.25) is 0 Å². The van der Waals surface area contributed by atoms with Gasteiger partial charge in [-0.1, -0.05) is 36.4 Å². The number of Topliss-reactive ketones (excluding diaryl/α,β-unsaturated/α-hetero) is 1. The second-order valence-electron chi connectivity index (χ2n) is 5.62. The molecule has 0 N–H and O–H groups in total. The molecule has 0 aromatic heterocycles. The third kappa shape index (κ3) is 7.00. The third-order valence-corrected chi connectivity index (χ3v) is 4.10. The SMILES string of the molecule is CC(=O)C[C@H](O[C@H](C)c1ccccc1)/C(C)=C\CS(C)(=O)=O. The Morgan fingerprint density at radius 2 is 1.82 bits per heavy atom. The monoisotopic (exact) mass is 324 g/mol. The van der Waals surface area contributed by atoms with E-state index in [-0.39, 0.29) is 24.1 Å². The maximum atomic E-state index is 11.5. The number of hydrogen-bond acceptors (Lipinski definition) is 4. The lowest BCUT2D eigenvalue weighted by molar-refractivity contribution is -0.120. The molecule has 122 valence electrons. The average Bonchev–Trinajstić information content (AvgIpc) is 2.43. The van der Waals surface area contributed by atoms with Crippen molar-refractivity contribution in [2.45, 2.75) is 39.4 Å². The van der Waals surface area contributed by atoms with Gasteiger partial charge < -0.3 is 4.74 Å². The van der Waals surface area contributed by atoms with Crippen LogP contribution in [0.25, 0.3) is 0 Å². The maximum absolute atomic E-state index is 11.5. The molecule has 2 atom stereocenters. The molecule has 0 aliphatic carbocycles. The Morgan fingerprint density at radius 1 is 1.23 bits per heavy atom. The molecule has 0 radical (unpaired) electrons. The summed E-state index contributed by atoms with van der Waals surface area (Å²) in [6.45, 7) is 5.23. The molecule has 0 fully saturated rings. The van der Waals surface area contributed by atoms with Gasteiger partial charge in [-0.3, -0.25) is 4.79 Å². The zero-order valence-electron chi connectivity index (χ0n) is 13.6. The smallest absolute Gasteiger partial charge is 0.151 e. The fourth-order valence-corrected chi connectivity index (χ4v) is 2.61. The first-order valence-electron chi connectivity index (χ1n) is 7.23. The van der Waals surface area contributed by atoms with Gasteiger partial charge in [-0.15, -0.1) is 0 Å². The zero-order chi connectivity index (χ0) is 16.8. The topological polar surface area (TPSA) is 60.4 Å². The summed E-state index contributed by atoms with van der Waals surface area (Å²) in [6, 6.07) is 9.72. The average molecular weight is 324 g/mol. The normalized spacial score (nSPS) is 15.4. The minimum absolute atomic E-state index is 0.0115. The van der Waals surface area contributed by atoms with Crippen LogP contribution in [-0.2, 0) is 19.4 Å². The van der Waals surface area contributed by atoms with Gasteiger partial charge in [-0.2, -0.15) is 0 Å². The maximum Gasteiger partial charge on any atom is 0.151 e. The van der Waals surface area contributed by atoms with Gasteiger partial charge in [0.1, 0.15) is 5.78 Å². The predicted molar refractivity (Wildman–Crippen MR) is 88.5 cm³/mol. The molecule has 0 saturated heterocycles. The van der Waals surface area contributed by atoms with Crippen molar-refractivity contribution >= 4 is 15.6 Å². The van der Waals surface area contributed by atoms with Crippen molar-refractivity contribution in [2.24, 2.45) is 0 Å². The quantitative estimate of drug-likeness (QED) is 0.689. The van der Waals surface area contributed by atoms with Crippen LogP contribution in [0.3, 0.4) is 0 Å². The van der Waals surface area contributed by atoms with E-state index in [1.807, 2.05) is 37.3 Å². The van der Waals surface area contributed by atoms with Crippen LogP contribution >= 0.6 is 0 Å². The summed E-state index contributed by atoms with van der Waals surface area (Å²) in [4.78, 5) is 11.5. The van der Waals surface area contributed by atoms with Gasteiger partial charge in [-0.05, 0) is 31.9 Å². The number of sulfone groups is 1. The van der Waals surface area contributed by atoms with Crippen LogP contribution in [0.15, 0.2) is 42.0 Å². The number of ether oxygens (including phenoxy) is 1. The van der Waals surface area contributed by atoms with E-state index < -0.39 is 15.9 Å². The Kier molecular flexibility index (Phi) is 6.97. The number of rotatable bonds is 8. The van der Waals surface area contributed by atoms with E-state index in [1.54, 1.807) is 13.0 Å². The van der Waals surface area contributed by atoms with Crippen LogP contribution in [0.1, 0.15) is 38.9 Å². The highest BCUT2D eigenvalue weighted by Crippen LogP contribution is 2.23. The van der Waals surface area contributed by atoms with E-state index >= 15 is 0 Å². The molecule has 4 nitrogen and oxygen atoms in total. The van der Waals surface area contributed by atoms with E-state index in [9.17, 15) is 13.2 Å². The van der Waals surface area contributed by atoms with Gasteiger partial charge in [0.25, 0.3) is 0 Å². The highest BCUT2D eigenvalue weighted by molar-refractivity contribution is 7.90. The lowest BCUT2D eigenvalue weighted by Crippen LogP contribution is -2.20. The summed E-state index contributed by atoms with van der Waals surface area (Å²) < 4.78 is 28.5. The van der Waals surface area contributed by atoms with E-state index in [4.69, 9.17) is 4.74 Å². The standard InChI is InChI=1S/C17H24O4S/c1-13(10-11-22(4,19)20)17(12-14(2)18)21-15(3)16-8-6-5-7-9-16/h5-10,15,17H,11-12H2,1-4H3/b13-10-/t15-,17+/m1/s1. The number of carbonyl (C=O) groups is 1. The molecule has 1 aromatic carbocycles. The Bertz CT molecular complexity index is 617. The lowest BCUT2D eigenvalue weighted by atomic mass is 10.0. The molecule has 0 bridgehead atoms. The second kappa shape index (κ2) is 8.25. The van der Waals surface area contributed by atoms with Crippen molar-refractivity contribution in [2.75, 3.05) is 12.0 Å². The van der Waals surface area contributed by atoms with Gasteiger partial charge in [0.15, 0.2) is 9.84 Å². The molecular weight excluding hydrogens is 300 g/mol. The third-order valence-electron chi connectivity index (χ3n) is 3.33. The Hall–Kier alpha value is -1.46. The summed E-state index contributed by atoms with van der Waals surface area (Å²) in [6.07, 6.45) is 2.47. The molecule has 1 aromatic rings. The van der Waals surface area contributed by atoms with E-state index in [1.165, 1.54) is 13.2 Å². The number of ketones is 1. The number of benzene rings is 1. The van der Waals surface area contributed by atoms with Crippen LogP contribution in [0.4, 0.5) is 0 Å². The van der Waals surface area contributed by atoms with Crippen molar-refractivity contribution in [3.8, 4) is 0 Å². The number of carbonyl (C=O) groups excluding carboxylic acids is 1. The van der Waals surface area contributed by atoms with Gasteiger partial charge >= 0.3 is 0 Å². The molecule has 0 heterocycles. The zero-order valence-corrected chi connectivity index (χ0v) is 14.4. The highest BCUT2D eigenvalue weighted by atomic mass is 32.2. The Labute approximate surface area is 133 Å². The minimum atomic E-state index is -3.08. The van der Waals surface area contributed by atoms with Gasteiger partial charge in [0.05, 0.1) is 18.0 Å². The second-order valence-corrected chi connectivity index (χ2v) is 7.81. The van der Waals surface area contributed by atoms with E-state index in [0.717, 1.165) is 11.1 Å². The first-order valence-corrected chi connectivity index (χ1v) is 9.29. The number of hydrogen-bond donors (Lipinski definition) is 0. The van der Waals surface area contributed by atoms with Crippen molar-refractivity contribution in [1.82, 2.24) is 0 Å². The fraction of sp³-hybridized carbons (Fsp3) is 0.471. The predicted octanol–water partition coefficient (Wildman–Crippen LogP) is 3.10. The molecule has 0 spiro atoms. The molecule has 0 unspecified atom stereocenters. The molecule has 0 saturated carbocycles. The first-order chi connectivity index (χ1) is 10.2. The molecular formula is C17H24O4S. The largest absolute Gasteiger partial charge is 0.366 e. The molecule has 0 aliphatic rings. The van der Waals surface area contributed by atoms with Crippen molar-refractivity contribution < 1.29 is 17.9 Å². The summed E-state index contributed by atoms with van der Waals surface area (Å²) in [5.41, 5.74) is 1.79. The highest BCUT2D eigenvalue weighted by Gasteiger charge is 2.18. The minimum Gasteiger partial charge on any atom is -0.366 e. The van der Waals surface area contributed by atoms with Crippen molar-refractivity contribution in [3.05, 3.63) is 47.5 Å². The van der Waals surface area contributed by atoms with Crippen LogP contribution in [-0.4, -0.2) is 32.3 Å². The Balaban J connectivity index is 2.86. The van der Waals surface area contributed by atoms with Crippen LogP contribution < -0.4 is 0 Å². The van der Waals surface area contributed by atoms with Crippen LogP contribution in [0, 0.1) is 0 Å². The first kappa shape index (κ1) is 18.6. The molecule has 1 rings (SSSR count). The summed E-state index contributed by atoms with van der Waals surface area (Å²) in [5, 5.41) is 0. The lowest BCUT2D eigenvalue weighted by Gasteiger charge is -2.23. The van der Waals surface area contributed by atoms with Gasteiger partial charge in [0, 0.05) is 12.7 Å². The summed E-state index contributed by atoms with van der Waals surface area (Å²) in [7, 11) is -3.08. The van der Waals surface area contributed by atoms with Gasteiger partial charge in [0.2, 0.25) is 0 Å². The summed E-state index contributed by atoms with van der Waals surface area (Å²) >= 11 is 0. The molecule has 22 heavy (non-hydrogen) atoms. The Morgan fingerprint density at radius 3 is 2.32 bits per heavy atom. The van der Waals surface area contributed by atoms with Crippen LogP contribution in [0.5, 0.6) is 0 Å².